The topological polar surface area (TPSA) is 59.0 Å². The van der Waals surface area contributed by atoms with Crippen molar-refractivity contribution in [1.29, 1.82) is 0 Å². The largest absolute Gasteiger partial charge is 0.337 e. The van der Waals surface area contributed by atoms with E-state index in [0.29, 0.717) is 5.56 Å². The first kappa shape index (κ1) is 22.9. The van der Waals surface area contributed by atoms with Gasteiger partial charge in [-0.15, -0.1) is 0 Å². The molecule has 1 aromatic heterocycles. The zero-order valence-corrected chi connectivity index (χ0v) is 20.2. The van der Waals surface area contributed by atoms with Crippen LogP contribution in [0.25, 0.3) is 0 Å². The summed E-state index contributed by atoms with van der Waals surface area (Å²) in [4.78, 5) is 16.8. The molecule has 1 heterocycles. The molecule has 1 amide bonds. The number of aromatic nitrogens is 2. The van der Waals surface area contributed by atoms with Crippen molar-refractivity contribution in [2.24, 2.45) is 29.1 Å². The van der Waals surface area contributed by atoms with E-state index in [2.05, 4.69) is 20.2 Å². The van der Waals surface area contributed by atoms with E-state index in [0.717, 1.165) is 49.7 Å². The van der Waals surface area contributed by atoms with Gasteiger partial charge in [0, 0.05) is 29.9 Å². The van der Waals surface area contributed by atoms with Crippen LogP contribution in [0.5, 0.6) is 0 Å². The fourth-order valence-electron chi connectivity index (χ4n) is 7.31. The Bertz CT molecular complexity index is 886. The highest BCUT2D eigenvalue weighted by atomic mass is 35.5. The number of alkyl halides is 1. The molecule has 0 spiro atoms. The van der Waals surface area contributed by atoms with Gasteiger partial charge in [-0.3, -0.25) is 4.79 Å². The second-order valence-corrected chi connectivity index (χ2v) is 11.2. The average Bonchev–Trinajstić information content (AvgIpc) is 3.33. The third kappa shape index (κ3) is 5.14. The smallest absolute Gasteiger partial charge is 0.252 e. The lowest BCUT2D eigenvalue weighted by atomic mass is 9.45. The first-order valence-electron chi connectivity index (χ1n) is 12.8. The van der Waals surface area contributed by atoms with Crippen molar-refractivity contribution in [3.05, 3.63) is 54.6 Å². The lowest BCUT2D eigenvalue weighted by molar-refractivity contribution is -0.101. The molecular formula is C27H37ClN4O. The lowest BCUT2D eigenvalue weighted by Gasteiger charge is -2.61. The van der Waals surface area contributed by atoms with Crippen molar-refractivity contribution >= 4 is 17.5 Å². The van der Waals surface area contributed by atoms with Crippen molar-refractivity contribution in [3.63, 3.8) is 0 Å². The third-order valence-corrected chi connectivity index (χ3v) is 9.14. The summed E-state index contributed by atoms with van der Waals surface area (Å²) in [5, 5.41) is 6.79. The number of halogens is 1. The molecule has 3 atom stereocenters. The molecule has 2 N–H and O–H groups in total. The fraction of sp³-hybridized carbons (Fsp3) is 0.630. The van der Waals surface area contributed by atoms with Crippen molar-refractivity contribution in [2.45, 2.75) is 63.4 Å². The minimum atomic E-state index is -0.267. The van der Waals surface area contributed by atoms with Crippen LogP contribution in [0.2, 0.25) is 0 Å². The maximum atomic E-state index is 12.7. The molecule has 4 aliphatic carbocycles. The first-order chi connectivity index (χ1) is 16.1. The van der Waals surface area contributed by atoms with Crippen LogP contribution >= 0.6 is 11.6 Å². The van der Waals surface area contributed by atoms with E-state index in [-0.39, 0.29) is 16.8 Å². The molecule has 0 aliphatic heterocycles. The summed E-state index contributed by atoms with van der Waals surface area (Å²) in [6, 6.07) is 9.47. The quantitative estimate of drug-likeness (QED) is 0.274. The van der Waals surface area contributed by atoms with Gasteiger partial charge < -0.3 is 15.2 Å². The average molecular weight is 469 g/mol. The highest BCUT2D eigenvalue weighted by molar-refractivity contribution is 6.22. The van der Waals surface area contributed by atoms with Gasteiger partial charge in [-0.25, -0.2) is 4.98 Å². The van der Waals surface area contributed by atoms with Gasteiger partial charge in [-0.2, -0.15) is 0 Å². The molecule has 0 saturated heterocycles. The normalized spacial score (nSPS) is 30.9. The van der Waals surface area contributed by atoms with Crippen LogP contribution in [-0.4, -0.2) is 34.0 Å². The van der Waals surface area contributed by atoms with Gasteiger partial charge in [0.05, 0.1) is 6.33 Å². The highest BCUT2D eigenvalue weighted by Gasteiger charge is 2.57. The Balaban J connectivity index is 1.08. The molecule has 4 aliphatic rings. The summed E-state index contributed by atoms with van der Waals surface area (Å²) in [6.07, 6.45) is 15.8. The van der Waals surface area contributed by atoms with Crippen LogP contribution in [0.4, 0.5) is 0 Å². The number of aryl methyl sites for hydroxylation is 1. The van der Waals surface area contributed by atoms with Gasteiger partial charge >= 0.3 is 0 Å². The summed E-state index contributed by atoms with van der Waals surface area (Å²) in [7, 11) is 0. The predicted molar refractivity (Wildman–Crippen MR) is 132 cm³/mol. The number of hydrogen-bond donors (Lipinski definition) is 2. The molecule has 178 valence electrons. The van der Waals surface area contributed by atoms with Gasteiger partial charge in [0.25, 0.3) is 5.91 Å². The standard InChI is InChI=1S/C27H37ClN4O/c28-26(31-25(33)21-6-2-1-3-7-21)27-16-20-14-22(17-27)24(23(15-20)18-27)8-4-9-29-10-5-12-32-13-11-30-19-32/h1-3,6-7,11,13,19-20,22-24,26,29H,4-5,8-10,12,14-18H2,(H,31,33). The predicted octanol–water partition coefficient (Wildman–Crippen LogP) is 5.08. The van der Waals surface area contributed by atoms with Crippen LogP contribution < -0.4 is 10.6 Å². The number of amides is 1. The van der Waals surface area contributed by atoms with Crippen LogP contribution in [0.15, 0.2) is 49.1 Å². The zero-order chi connectivity index (χ0) is 22.7. The molecule has 4 saturated carbocycles. The number of imidazole rings is 1. The molecule has 3 unspecified atom stereocenters. The van der Waals surface area contributed by atoms with Crippen molar-refractivity contribution in [1.82, 2.24) is 20.2 Å². The van der Waals surface area contributed by atoms with E-state index in [4.69, 9.17) is 11.6 Å². The number of carbonyl (C=O) groups excluding carboxylic acids is 1. The summed E-state index contributed by atoms with van der Waals surface area (Å²) < 4.78 is 2.14. The van der Waals surface area contributed by atoms with Crippen molar-refractivity contribution < 1.29 is 4.79 Å². The lowest BCUT2D eigenvalue weighted by Crippen LogP contribution is -2.57. The van der Waals surface area contributed by atoms with Gasteiger partial charge in [0.1, 0.15) is 5.50 Å². The molecule has 4 bridgehead atoms. The summed E-state index contributed by atoms with van der Waals surface area (Å²) in [5.74, 6) is 3.17. The Morgan fingerprint density at radius 1 is 1.12 bits per heavy atom. The SMILES string of the molecule is O=C(NC(Cl)C12CC3CC(C1)C(CCCNCCCn1ccnc1)C(C3)C2)c1ccccc1. The summed E-state index contributed by atoms with van der Waals surface area (Å²) >= 11 is 6.96. The molecule has 4 fully saturated rings. The van der Waals surface area contributed by atoms with E-state index in [1.165, 1.54) is 44.9 Å². The molecule has 6 rings (SSSR count). The molecule has 5 nitrogen and oxygen atoms in total. The van der Waals surface area contributed by atoms with Crippen LogP contribution in [0.1, 0.15) is 61.7 Å². The second-order valence-electron chi connectivity index (χ2n) is 10.7. The Kier molecular flexibility index (Phi) is 7.07. The van der Waals surface area contributed by atoms with Gasteiger partial charge in [-0.05, 0) is 100 Å². The van der Waals surface area contributed by atoms with Crippen LogP contribution in [0, 0.1) is 29.1 Å². The van der Waals surface area contributed by atoms with Gasteiger partial charge in [0.15, 0.2) is 0 Å². The van der Waals surface area contributed by atoms with Crippen molar-refractivity contribution in [3.8, 4) is 0 Å². The molecule has 33 heavy (non-hydrogen) atoms. The maximum Gasteiger partial charge on any atom is 0.252 e. The van der Waals surface area contributed by atoms with E-state index in [9.17, 15) is 4.79 Å². The number of hydrogen-bond acceptors (Lipinski definition) is 3. The molecule has 2 aromatic rings. The summed E-state index contributed by atoms with van der Waals surface area (Å²) in [6.45, 7) is 3.21. The molecule has 0 radical (unpaired) electrons. The monoisotopic (exact) mass is 468 g/mol. The first-order valence-corrected chi connectivity index (χ1v) is 13.2. The number of nitrogens with zero attached hydrogens (tertiary/aromatic N) is 2. The van der Waals surface area contributed by atoms with Crippen molar-refractivity contribution in [2.75, 3.05) is 13.1 Å². The van der Waals surface area contributed by atoms with E-state index >= 15 is 0 Å². The number of rotatable bonds is 11. The minimum absolute atomic E-state index is 0.0398. The molecule has 1 aromatic carbocycles. The number of nitrogens with one attached hydrogen (secondary N) is 2. The maximum absolute atomic E-state index is 12.7. The Labute approximate surface area is 202 Å². The van der Waals surface area contributed by atoms with Gasteiger partial charge in [-0.1, -0.05) is 29.8 Å². The van der Waals surface area contributed by atoms with Crippen LogP contribution in [-0.2, 0) is 6.54 Å². The van der Waals surface area contributed by atoms with E-state index in [1.54, 1.807) is 0 Å². The van der Waals surface area contributed by atoms with Gasteiger partial charge in [0.2, 0.25) is 0 Å². The second kappa shape index (κ2) is 10.2. The summed E-state index contributed by atoms with van der Waals surface area (Å²) in [5.41, 5.74) is 0.518. The van der Waals surface area contributed by atoms with Crippen LogP contribution in [0.3, 0.4) is 0 Å². The fourth-order valence-corrected chi connectivity index (χ4v) is 7.67. The Morgan fingerprint density at radius 2 is 1.88 bits per heavy atom. The molecule has 6 heteroatoms. The molecular weight excluding hydrogens is 432 g/mol. The third-order valence-electron chi connectivity index (χ3n) is 8.57. The Hall–Kier alpha value is -1.85. The van der Waals surface area contributed by atoms with E-state index < -0.39 is 0 Å². The van der Waals surface area contributed by atoms with E-state index in [1.807, 2.05) is 49.1 Å². The Morgan fingerprint density at radius 3 is 2.61 bits per heavy atom. The number of carbonyl (C=O) groups is 1. The zero-order valence-electron chi connectivity index (χ0n) is 19.5. The highest BCUT2D eigenvalue weighted by Crippen LogP contribution is 2.64. The minimum Gasteiger partial charge on any atom is -0.337 e. The number of benzene rings is 1.